The number of nitrogens with zero attached hydrogens (tertiary/aromatic N) is 2. The lowest BCUT2D eigenvalue weighted by Gasteiger charge is -2.11. The number of hydrogen-bond acceptors (Lipinski definition) is 5. The molecule has 3 rings (SSSR count). The number of hydrogen-bond donors (Lipinski definition) is 1. The van der Waals surface area contributed by atoms with Crippen molar-refractivity contribution in [2.75, 3.05) is 25.6 Å². The molecule has 0 atom stereocenters. The Morgan fingerprint density at radius 2 is 2.03 bits per heavy atom. The van der Waals surface area contributed by atoms with Gasteiger partial charge in [-0.1, -0.05) is 11.6 Å². The van der Waals surface area contributed by atoms with Gasteiger partial charge in [-0.15, -0.1) is 0 Å². The van der Waals surface area contributed by atoms with Crippen LogP contribution in [-0.4, -0.2) is 35.8 Å². The molecule has 1 amide bonds. The van der Waals surface area contributed by atoms with Crippen molar-refractivity contribution in [3.8, 4) is 17.2 Å². The van der Waals surface area contributed by atoms with E-state index in [4.69, 9.17) is 25.8 Å². The minimum absolute atomic E-state index is 0.266. The van der Waals surface area contributed by atoms with Crippen LogP contribution in [0.4, 0.5) is 5.69 Å². The van der Waals surface area contributed by atoms with Crippen molar-refractivity contribution in [1.29, 1.82) is 0 Å². The minimum Gasteiger partial charge on any atom is -0.493 e. The molecule has 0 saturated carbocycles. The third kappa shape index (κ3) is 6.52. The SMILES string of the molecule is CCOc1c(Cl)cc(/C=C/C(=O)Nc2ccc(OCCn3ccnc3)cc2)cc1OC. The zero-order valence-electron chi connectivity index (χ0n) is 17.4. The van der Waals surface area contributed by atoms with E-state index in [-0.39, 0.29) is 5.91 Å². The number of anilines is 1. The van der Waals surface area contributed by atoms with E-state index in [0.29, 0.717) is 42.0 Å². The normalized spacial score (nSPS) is 10.8. The Balaban J connectivity index is 1.54. The largest absolute Gasteiger partial charge is 0.493 e. The maximum atomic E-state index is 12.3. The minimum atomic E-state index is -0.266. The standard InChI is InChI=1S/C23H24ClN3O4/c1-3-30-23-20(24)14-17(15-21(23)29-2)4-9-22(28)26-18-5-7-19(8-6-18)31-13-12-27-11-10-25-16-27/h4-11,14-16H,3,12-13H2,1-2H3,(H,26,28)/b9-4+. The maximum Gasteiger partial charge on any atom is 0.248 e. The fraction of sp³-hybridized carbons (Fsp3) is 0.217. The van der Waals surface area contributed by atoms with Gasteiger partial charge in [-0.05, 0) is 55.0 Å². The number of imidazole rings is 1. The van der Waals surface area contributed by atoms with Gasteiger partial charge in [-0.25, -0.2) is 4.98 Å². The van der Waals surface area contributed by atoms with Gasteiger partial charge in [0.15, 0.2) is 11.5 Å². The molecule has 0 fully saturated rings. The lowest BCUT2D eigenvalue weighted by molar-refractivity contribution is -0.111. The van der Waals surface area contributed by atoms with Crippen LogP contribution in [0.2, 0.25) is 5.02 Å². The van der Waals surface area contributed by atoms with Gasteiger partial charge in [0, 0.05) is 24.2 Å². The Kier molecular flexibility index (Phi) is 7.95. The number of nitrogens with one attached hydrogen (secondary N) is 1. The summed E-state index contributed by atoms with van der Waals surface area (Å²) in [6.07, 6.45) is 8.45. The van der Waals surface area contributed by atoms with Crippen LogP contribution in [0.15, 0.2) is 61.2 Å². The van der Waals surface area contributed by atoms with Crippen molar-refractivity contribution in [2.24, 2.45) is 0 Å². The number of amides is 1. The van der Waals surface area contributed by atoms with E-state index in [1.54, 1.807) is 50.0 Å². The van der Waals surface area contributed by atoms with E-state index in [1.807, 2.05) is 29.8 Å². The Morgan fingerprint density at radius 1 is 1.23 bits per heavy atom. The highest BCUT2D eigenvalue weighted by Crippen LogP contribution is 2.36. The zero-order chi connectivity index (χ0) is 22.1. The highest BCUT2D eigenvalue weighted by atomic mass is 35.5. The summed E-state index contributed by atoms with van der Waals surface area (Å²) in [7, 11) is 1.54. The summed E-state index contributed by atoms with van der Waals surface area (Å²) < 4.78 is 18.5. The summed E-state index contributed by atoms with van der Waals surface area (Å²) in [5.41, 5.74) is 1.39. The van der Waals surface area contributed by atoms with Gasteiger partial charge in [0.1, 0.15) is 12.4 Å². The Morgan fingerprint density at radius 3 is 2.71 bits per heavy atom. The van der Waals surface area contributed by atoms with Crippen molar-refractivity contribution >= 4 is 29.3 Å². The molecule has 2 aromatic carbocycles. The molecular formula is C23H24ClN3O4. The first kappa shape index (κ1) is 22.2. The fourth-order valence-corrected chi connectivity index (χ4v) is 3.07. The van der Waals surface area contributed by atoms with E-state index in [1.165, 1.54) is 6.08 Å². The Hall–Kier alpha value is -3.45. The number of benzene rings is 2. The van der Waals surface area contributed by atoms with Crippen LogP contribution in [0.1, 0.15) is 12.5 Å². The molecule has 0 aliphatic rings. The summed E-state index contributed by atoms with van der Waals surface area (Å²) in [6.45, 7) is 3.58. The Labute approximate surface area is 186 Å². The van der Waals surface area contributed by atoms with Crippen LogP contribution in [0, 0.1) is 0 Å². The predicted octanol–water partition coefficient (Wildman–Crippen LogP) is 4.67. The number of methoxy groups -OCH3 is 1. The molecular weight excluding hydrogens is 418 g/mol. The molecule has 0 aliphatic carbocycles. The molecule has 1 aromatic heterocycles. The van der Waals surface area contributed by atoms with Crippen LogP contribution in [0.5, 0.6) is 17.2 Å². The quantitative estimate of drug-likeness (QED) is 0.462. The molecule has 0 aliphatic heterocycles. The molecule has 31 heavy (non-hydrogen) atoms. The topological polar surface area (TPSA) is 74.6 Å². The number of carbonyl (C=O) groups excluding carboxylic acids is 1. The van der Waals surface area contributed by atoms with Crippen molar-refractivity contribution in [3.05, 3.63) is 71.8 Å². The third-order valence-electron chi connectivity index (χ3n) is 4.27. The third-order valence-corrected chi connectivity index (χ3v) is 4.55. The van der Waals surface area contributed by atoms with Crippen molar-refractivity contribution in [2.45, 2.75) is 13.5 Å². The first-order valence-electron chi connectivity index (χ1n) is 9.77. The maximum absolute atomic E-state index is 12.3. The van der Waals surface area contributed by atoms with Gasteiger partial charge in [0.2, 0.25) is 5.91 Å². The average molecular weight is 442 g/mol. The van der Waals surface area contributed by atoms with E-state index in [9.17, 15) is 4.79 Å². The van der Waals surface area contributed by atoms with Crippen LogP contribution in [0.25, 0.3) is 6.08 Å². The van der Waals surface area contributed by atoms with Crippen LogP contribution in [-0.2, 0) is 11.3 Å². The van der Waals surface area contributed by atoms with Gasteiger partial charge in [0.05, 0.1) is 31.6 Å². The lowest BCUT2D eigenvalue weighted by atomic mass is 10.2. The monoisotopic (exact) mass is 441 g/mol. The van der Waals surface area contributed by atoms with Crippen LogP contribution < -0.4 is 19.5 Å². The first-order valence-corrected chi connectivity index (χ1v) is 10.1. The van der Waals surface area contributed by atoms with Gasteiger partial charge < -0.3 is 24.1 Å². The molecule has 1 N–H and O–H groups in total. The van der Waals surface area contributed by atoms with E-state index in [0.717, 1.165) is 11.3 Å². The summed E-state index contributed by atoms with van der Waals surface area (Å²) in [4.78, 5) is 16.2. The number of aromatic nitrogens is 2. The zero-order valence-corrected chi connectivity index (χ0v) is 18.1. The molecule has 0 saturated heterocycles. The number of carbonyl (C=O) groups is 1. The predicted molar refractivity (Wildman–Crippen MR) is 121 cm³/mol. The summed E-state index contributed by atoms with van der Waals surface area (Å²) in [5, 5.41) is 3.23. The van der Waals surface area contributed by atoms with Gasteiger partial charge in [-0.3, -0.25) is 4.79 Å². The van der Waals surface area contributed by atoms with E-state index in [2.05, 4.69) is 10.3 Å². The highest BCUT2D eigenvalue weighted by Gasteiger charge is 2.10. The second-order valence-electron chi connectivity index (χ2n) is 6.46. The van der Waals surface area contributed by atoms with Gasteiger partial charge >= 0.3 is 0 Å². The molecule has 7 nitrogen and oxygen atoms in total. The van der Waals surface area contributed by atoms with Crippen LogP contribution >= 0.6 is 11.6 Å². The molecule has 1 heterocycles. The molecule has 0 spiro atoms. The van der Waals surface area contributed by atoms with Crippen LogP contribution in [0.3, 0.4) is 0 Å². The number of ether oxygens (including phenoxy) is 3. The summed E-state index contributed by atoms with van der Waals surface area (Å²) >= 11 is 6.26. The van der Waals surface area contributed by atoms with Gasteiger partial charge in [-0.2, -0.15) is 0 Å². The second kappa shape index (κ2) is 11.1. The van der Waals surface area contributed by atoms with Crippen molar-refractivity contribution < 1.29 is 19.0 Å². The summed E-state index contributed by atoms with van der Waals surface area (Å²) in [5.74, 6) is 1.46. The molecule has 162 valence electrons. The number of halogens is 1. The van der Waals surface area contributed by atoms with E-state index < -0.39 is 0 Å². The molecule has 8 heteroatoms. The van der Waals surface area contributed by atoms with Gasteiger partial charge in [0.25, 0.3) is 0 Å². The fourth-order valence-electron chi connectivity index (χ4n) is 2.80. The van der Waals surface area contributed by atoms with Crippen molar-refractivity contribution in [1.82, 2.24) is 9.55 Å². The average Bonchev–Trinajstić information content (AvgIpc) is 3.28. The van der Waals surface area contributed by atoms with E-state index >= 15 is 0 Å². The summed E-state index contributed by atoms with van der Waals surface area (Å²) in [6, 6.07) is 10.7. The highest BCUT2D eigenvalue weighted by molar-refractivity contribution is 6.32. The first-order chi connectivity index (χ1) is 15.1. The number of rotatable bonds is 10. The lowest BCUT2D eigenvalue weighted by Crippen LogP contribution is -2.08. The smallest absolute Gasteiger partial charge is 0.248 e. The molecule has 0 radical (unpaired) electrons. The molecule has 3 aromatic rings. The second-order valence-corrected chi connectivity index (χ2v) is 6.87. The Bertz CT molecular complexity index is 1020. The van der Waals surface area contributed by atoms with Crippen molar-refractivity contribution in [3.63, 3.8) is 0 Å². The molecule has 0 unspecified atom stereocenters. The molecule has 0 bridgehead atoms.